The molecule has 2 aromatic carbocycles. The number of carbonyl (C=O) groups excluding carboxylic acids is 1. The maximum absolute atomic E-state index is 14.5. The number of sulfonamides is 1. The van der Waals surface area contributed by atoms with Crippen LogP contribution in [0.3, 0.4) is 0 Å². The number of aryl methyl sites for hydroxylation is 1. The molecule has 6 nitrogen and oxygen atoms in total. The zero-order valence-electron chi connectivity index (χ0n) is 15.5. The topological polar surface area (TPSA) is 84.5 Å². The number of ether oxygens (including phenoxy) is 1. The van der Waals surface area contributed by atoms with Crippen LogP contribution in [0.4, 0.5) is 14.5 Å². The lowest BCUT2D eigenvalue weighted by Gasteiger charge is -2.18. The summed E-state index contributed by atoms with van der Waals surface area (Å²) in [6.45, 7) is 5.13. The zero-order chi connectivity index (χ0) is 20.6. The molecular formula is C19H20F2N2O4S. The summed E-state index contributed by atoms with van der Waals surface area (Å²) in [5.74, 6) is -2.85. The van der Waals surface area contributed by atoms with Crippen LogP contribution in [0.5, 0.6) is 5.75 Å². The van der Waals surface area contributed by atoms with Gasteiger partial charge in [-0.1, -0.05) is 19.9 Å². The second kappa shape index (κ2) is 7.48. The molecule has 0 saturated heterocycles. The Hall–Kier alpha value is -2.52. The van der Waals surface area contributed by atoms with Gasteiger partial charge >= 0.3 is 0 Å². The van der Waals surface area contributed by atoms with Gasteiger partial charge in [0.15, 0.2) is 5.75 Å². The number of nitrogens with one attached hydrogen (secondary N) is 2. The molecule has 0 radical (unpaired) electrons. The second-order valence-electron chi connectivity index (χ2n) is 6.95. The molecule has 28 heavy (non-hydrogen) atoms. The van der Waals surface area contributed by atoms with E-state index in [-0.39, 0.29) is 28.9 Å². The highest BCUT2D eigenvalue weighted by Gasteiger charge is 2.34. The Bertz CT molecular complexity index is 1040. The number of fused-ring (bicyclic) bond motifs is 1. The largest absolute Gasteiger partial charge is 0.490 e. The van der Waals surface area contributed by atoms with Crippen molar-refractivity contribution in [2.75, 3.05) is 11.9 Å². The SMILES string of the molecule is Cc1ccc(NC(=O)c2c(F)ccc3c2OCC(C(C)C)NS3(=O)=O)cc1F. The Balaban J connectivity index is 2.03. The van der Waals surface area contributed by atoms with E-state index in [4.69, 9.17) is 4.74 Å². The lowest BCUT2D eigenvalue weighted by atomic mass is 10.1. The summed E-state index contributed by atoms with van der Waals surface area (Å²) < 4.78 is 61.5. The van der Waals surface area contributed by atoms with E-state index in [1.165, 1.54) is 12.1 Å². The minimum atomic E-state index is -4.01. The van der Waals surface area contributed by atoms with E-state index < -0.39 is 39.2 Å². The highest BCUT2D eigenvalue weighted by atomic mass is 32.2. The minimum Gasteiger partial charge on any atom is -0.490 e. The Kier molecular flexibility index (Phi) is 5.40. The molecule has 9 heteroatoms. The Morgan fingerprint density at radius 1 is 1.21 bits per heavy atom. The summed E-state index contributed by atoms with van der Waals surface area (Å²) >= 11 is 0. The van der Waals surface area contributed by atoms with Crippen LogP contribution in [0.15, 0.2) is 35.2 Å². The summed E-state index contributed by atoms with van der Waals surface area (Å²) in [4.78, 5) is 12.4. The Labute approximate surface area is 162 Å². The molecule has 0 fully saturated rings. The summed E-state index contributed by atoms with van der Waals surface area (Å²) in [6.07, 6.45) is 0. The van der Waals surface area contributed by atoms with Crippen molar-refractivity contribution in [3.8, 4) is 5.75 Å². The first-order valence-corrected chi connectivity index (χ1v) is 10.1. The highest BCUT2D eigenvalue weighted by Crippen LogP contribution is 2.33. The third-order valence-electron chi connectivity index (χ3n) is 4.54. The Morgan fingerprint density at radius 3 is 2.57 bits per heavy atom. The van der Waals surface area contributed by atoms with Crippen LogP contribution in [-0.4, -0.2) is 27.0 Å². The lowest BCUT2D eigenvalue weighted by molar-refractivity contribution is 0.101. The standard InChI is InChI=1S/C19H20F2N2O4S/c1-10(2)15-9-27-18-16(28(25,26)23-15)7-6-13(20)17(18)19(24)22-12-5-4-11(3)14(21)8-12/h4-8,10,15,23H,9H2,1-3H3,(H,22,24). The van der Waals surface area contributed by atoms with Crippen molar-refractivity contribution < 1.29 is 26.7 Å². The lowest BCUT2D eigenvalue weighted by Crippen LogP contribution is -2.40. The van der Waals surface area contributed by atoms with Gasteiger partial charge in [-0.05, 0) is 42.7 Å². The third-order valence-corrected chi connectivity index (χ3v) is 6.05. The molecule has 1 aliphatic heterocycles. The van der Waals surface area contributed by atoms with E-state index in [1.54, 1.807) is 6.92 Å². The average Bonchev–Trinajstić information content (AvgIpc) is 2.74. The fourth-order valence-corrected chi connectivity index (χ4v) is 4.29. The summed E-state index contributed by atoms with van der Waals surface area (Å²) in [5.41, 5.74) is -0.0500. The van der Waals surface area contributed by atoms with Crippen molar-refractivity contribution in [1.29, 1.82) is 0 Å². The van der Waals surface area contributed by atoms with Crippen LogP contribution in [-0.2, 0) is 10.0 Å². The maximum Gasteiger partial charge on any atom is 0.262 e. The number of halogens is 2. The molecule has 1 atom stereocenters. The van der Waals surface area contributed by atoms with Crippen molar-refractivity contribution in [3.63, 3.8) is 0 Å². The molecule has 1 amide bonds. The molecule has 0 saturated carbocycles. The van der Waals surface area contributed by atoms with Crippen molar-refractivity contribution >= 4 is 21.6 Å². The predicted octanol–water partition coefficient (Wildman–Crippen LogP) is 3.22. The molecule has 1 heterocycles. The van der Waals surface area contributed by atoms with Crippen LogP contribution in [0.25, 0.3) is 0 Å². The number of hydrogen-bond acceptors (Lipinski definition) is 4. The normalized spacial score (nSPS) is 18.1. The quantitative estimate of drug-likeness (QED) is 0.814. The molecule has 1 unspecified atom stereocenters. The smallest absolute Gasteiger partial charge is 0.262 e. The van der Waals surface area contributed by atoms with Gasteiger partial charge in [-0.15, -0.1) is 0 Å². The molecule has 0 spiro atoms. The number of benzene rings is 2. The number of rotatable bonds is 3. The predicted molar refractivity (Wildman–Crippen MR) is 99.9 cm³/mol. The van der Waals surface area contributed by atoms with E-state index in [2.05, 4.69) is 10.0 Å². The molecule has 1 aliphatic rings. The van der Waals surface area contributed by atoms with E-state index in [1.807, 2.05) is 13.8 Å². The molecule has 0 aromatic heterocycles. The van der Waals surface area contributed by atoms with Crippen molar-refractivity contribution in [2.24, 2.45) is 5.92 Å². The van der Waals surface area contributed by atoms with E-state index in [0.29, 0.717) is 5.56 Å². The average molecular weight is 410 g/mol. The van der Waals surface area contributed by atoms with E-state index >= 15 is 0 Å². The first-order valence-electron chi connectivity index (χ1n) is 8.65. The number of anilines is 1. The maximum atomic E-state index is 14.5. The fourth-order valence-electron chi connectivity index (χ4n) is 2.77. The van der Waals surface area contributed by atoms with Crippen LogP contribution >= 0.6 is 0 Å². The van der Waals surface area contributed by atoms with Crippen molar-refractivity contribution in [3.05, 3.63) is 53.1 Å². The summed E-state index contributed by atoms with van der Waals surface area (Å²) in [7, 11) is -4.01. The van der Waals surface area contributed by atoms with Gasteiger partial charge in [0.1, 0.15) is 28.7 Å². The van der Waals surface area contributed by atoms with Gasteiger partial charge in [-0.3, -0.25) is 4.79 Å². The first-order chi connectivity index (χ1) is 13.1. The fraction of sp³-hybridized carbons (Fsp3) is 0.316. The summed E-state index contributed by atoms with van der Waals surface area (Å²) in [6, 6.07) is 5.43. The molecule has 0 bridgehead atoms. The van der Waals surface area contributed by atoms with Gasteiger partial charge < -0.3 is 10.1 Å². The van der Waals surface area contributed by atoms with Crippen molar-refractivity contribution in [2.45, 2.75) is 31.7 Å². The monoisotopic (exact) mass is 410 g/mol. The van der Waals surface area contributed by atoms with Gasteiger partial charge in [-0.2, -0.15) is 0 Å². The van der Waals surface area contributed by atoms with Gasteiger partial charge in [-0.25, -0.2) is 21.9 Å². The van der Waals surface area contributed by atoms with Gasteiger partial charge in [0.2, 0.25) is 10.0 Å². The van der Waals surface area contributed by atoms with Crippen LogP contribution in [0, 0.1) is 24.5 Å². The number of carbonyl (C=O) groups is 1. The zero-order valence-corrected chi connectivity index (χ0v) is 16.4. The molecule has 3 rings (SSSR count). The van der Waals surface area contributed by atoms with Gasteiger partial charge in [0.05, 0.1) is 6.04 Å². The molecule has 0 aliphatic carbocycles. The van der Waals surface area contributed by atoms with Gasteiger partial charge in [0, 0.05) is 5.69 Å². The van der Waals surface area contributed by atoms with Crippen LogP contribution in [0.2, 0.25) is 0 Å². The molecule has 2 N–H and O–H groups in total. The minimum absolute atomic E-state index is 0.0627. The van der Waals surface area contributed by atoms with Crippen LogP contribution < -0.4 is 14.8 Å². The molecule has 150 valence electrons. The Morgan fingerprint density at radius 2 is 1.93 bits per heavy atom. The number of hydrogen-bond donors (Lipinski definition) is 2. The van der Waals surface area contributed by atoms with E-state index in [9.17, 15) is 22.0 Å². The second-order valence-corrected chi connectivity index (χ2v) is 8.63. The number of amides is 1. The van der Waals surface area contributed by atoms with Crippen molar-refractivity contribution in [1.82, 2.24) is 4.72 Å². The summed E-state index contributed by atoms with van der Waals surface area (Å²) in [5, 5.41) is 2.38. The third kappa shape index (κ3) is 3.85. The molecule has 2 aromatic rings. The van der Waals surface area contributed by atoms with Crippen LogP contribution in [0.1, 0.15) is 29.8 Å². The van der Waals surface area contributed by atoms with Gasteiger partial charge in [0.25, 0.3) is 5.91 Å². The first kappa shape index (κ1) is 20.2. The molecular weight excluding hydrogens is 390 g/mol. The highest BCUT2D eigenvalue weighted by molar-refractivity contribution is 7.89. The van der Waals surface area contributed by atoms with E-state index in [0.717, 1.165) is 18.2 Å².